The molecule has 1 N–H and O–H groups in total. The first kappa shape index (κ1) is 20.3. The summed E-state index contributed by atoms with van der Waals surface area (Å²) in [5, 5.41) is 10.9. The number of rotatable bonds is 5. The molecule has 0 radical (unpaired) electrons. The maximum atomic E-state index is 12.9. The molecule has 0 aliphatic heterocycles. The van der Waals surface area contributed by atoms with E-state index in [1.165, 1.54) is 12.1 Å². The number of carbonyl (C=O) groups excluding carboxylic acids is 1. The summed E-state index contributed by atoms with van der Waals surface area (Å²) < 4.78 is 39.7. The first-order valence-corrected chi connectivity index (χ1v) is 9.29. The molecular weight excluding hydrogens is 407 g/mol. The van der Waals surface area contributed by atoms with Crippen LogP contribution in [-0.2, 0) is 12.7 Å². The lowest BCUT2D eigenvalue weighted by Gasteiger charge is -2.10. The van der Waals surface area contributed by atoms with Crippen LogP contribution in [-0.4, -0.2) is 25.9 Å². The molecule has 0 fully saturated rings. The van der Waals surface area contributed by atoms with Gasteiger partial charge in [0.1, 0.15) is 5.69 Å². The first-order chi connectivity index (χ1) is 14.9. The van der Waals surface area contributed by atoms with E-state index < -0.39 is 17.6 Å². The second kappa shape index (κ2) is 8.39. The van der Waals surface area contributed by atoms with E-state index >= 15 is 0 Å². The van der Waals surface area contributed by atoms with E-state index in [-0.39, 0.29) is 12.2 Å². The Balaban J connectivity index is 1.60. The Labute approximate surface area is 175 Å². The number of alkyl halides is 3. The van der Waals surface area contributed by atoms with Gasteiger partial charge < -0.3 is 5.32 Å². The van der Waals surface area contributed by atoms with Gasteiger partial charge in [0, 0.05) is 24.5 Å². The number of benzene rings is 2. The fourth-order valence-corrected chi connectivity index (χ4v) is 3.03. The summed E-state index contributed by atoms with van der Waals surface area (Å²) in [6, 6.07) is 17.3. The number of aromatic nitrogens is 4. The second-order valence-corrected chi connectivity index (χ2v) is 6.65. The summed E-state index contributed by atoms with van der Waals surface area (Å²) in [6.45, 7) is 0.0466. The van der Waals surface area contributed by atoms with Crippen LogP contribution >= 0.6 is 0 Å². The monoisotopic (exact) mass is 423 g/mol. The zero-order valence-electron chi connectivity index (χ0n) is 16.0. The van der Waals surface area contributed by atoms with E-state index in [0.717, 1.165) is 17.8 Å². The van der Waals surface area contributed by atoms with Gasteiger partial charge in [0.15, 0.2) is 5.69 Å². The topological polar surface area (TPSA) is 72.7 Å². The smallest absolute Gasteiger partial charge is 0.346 e. The number of nitrogens with zero attached hydrogens (tertiary/aromatic N) is 4. The third-order valence-corrected chi connectivity index (χ3v) is 4.57. The van der Waals surface area contributed by atoms with Gasteiger partial charge in [-0.2, -0.15) is 13.2 Å². The van der Waals surface area contributed by atoms with Crippen LogP contribution in [0.15, 0.2) is 79.1 Å². The van der Waals surface area contributed by atoms with Crippen molar-refractivity contribution in [2.24, 2.45) is 0 Å². The van der Waals surface area contributed by atoms with Gasteiger partial charge in [-0.25, -0.2) is 4.68 Å². The number of hydrogen-bond donors (Lipinski definition) is 1. The molecule has 6 nitrogen and oxygen atoms in total. The molecule has 2 aromatic heterocycles. The van der Waals surface area contributed by atoms with Crippen molar-refractivity contribution >= 4 is 5.91 Å². The highest BCUT2D eigenvalue weighted by atomic mass is 19.4. The normalized spacial score (nSPS) is 11.3. The number of pyridine rings is 1. The van der Waals surface area contributed by atoms with E-state index in [9.17, 15) is 18.0 Å². The third-order valence-electron chi connectivity index (χ3n) is 4.57. The molecule has 2 aromatic carbocycles. The van der Waals surface area contributed by atoms with Crippen LogP contribution in [0.2, 0.25) is 0 Å². The van der Waals surface area contributed by atoms with Gasteiger partial charge in [0.2, 0.25) is 0 Å². The molecule has 0 bridgehead atoms. The van der Waals surface area contributed by atoms with Crippen molar-refractivity contribution in [3.05, 3.63) is 95.9 Å². The van der Waals surface area contributed by atoms with Crippen LogP contribution in [0.25, 0.3) is 16.9 Å². The van der Waals surface area contributed by atoms with Crippen molar-refractivity contribution in [3.8, 4) is 16.9 Å². The number of carbonyl (C=O) groups is 1. The molecular formula is C22H16F3N5O. The van der Waals surface area contributed by atoms with Crippen molar-refractivity contribution in [2.75, 3.05) is 0 Å². The van der Waals surface area contributed by atoms with E-state index in [0.29, 0.717) is 16.8 Å². The van der Waals surface area contributed by atoms with Crippen molar-refractivity contribution in [1.82, 2.24) is 25.3 Å². The predicted octanol–water partition coefficient (Wildman–Crippen LogP) is 4.28. The summed E-state index contributed by atoms with van der Waals surface area (Å²) in [6.07, 6.45) is -1.21. The Bertz CT molecular complexity index is 1170. The average Bonchev–Trinajstić information content (AvgIpc) is 3.24. The summed E-state index contributed by atoms with van der Waals surface area (Å²) in [4.78, 5) is 16.9. The fraction of sp³-hybridized carbons (Fsp3) is 0.0909. The van der Waals surface area contributed by atoms with E-state index in [1.807, 2.05) is 30.3 Å². The van der Waals surface area contributed by atoms with Crippen LogP contribution in [0, 0.1) is 0 Å². The fourth-order valence-electron chi connectivity index (χ4n) is 3.03. The number of halogens is 3. The number of nitrogens with one attached hydrogen (secondary N) is 1. The van der Waals surface area contributed by atoms with E-state index in [2.05, 4.69) is 20.6 Å². The zero-order chi connectivity index (χ0) is 21.8. The summed E-state index contributed by atoms with van der Waals surface area (Å²) in [7, 11) is 0. The SMILES string of the molecule is O=C(NCc1ccc(C(F)(F)F)cc1)c1nnn(-c2ccccc2)c1-c1ccncc1. The molecule has 0 saturated carbocycles. The Kier molecular flexibility index (Phi) is 5.48. The molecule has 156 valence electrons. The van der Waals surface area contributed by atoms with Crippen molar-refractivity contribution < 1.29 is 18.0 Å². The molecule has 4 aromatic rings. The van der Waals surface area contributed by atoms with Gasteiger partial charge in [0.25, 0.3) is 5.91 Å². The Morgan fingerprint density at radius 3 is 2.26 bits per heavy atom. The first-order valence-electron chi connectivity index (χ1n) is 9.29. The standard InChI is InChI=1S/C22H16F3N5O/c23-22(24,25)17-8-6-15(7-9-17)14-27-21(31)19-20(16-10-12-26-13-11-16)30(29-28-19)18-4-2-1-3-5-18/h1-13H,14H2,(H,27,31). The minimum atomic E-state index is -4.41. The largest absolute Gasteiger partial charge is 0.416 e. The molecule has 0 unspecified atom stereocenters. The lowest BCUT2D eigenvalue weighted by Crippen LogP contribution is -2.24. The van der Waals surface area contributed by atoms with Crippen LogP contribution in [0.5, 0.6) is 0 Å². The minimum absolute atomic E-state index is 0.0466. The van der Waals surface area contributed by atoms with Crippen LogP contribution in [0.3, 0.4) is 0 Å². The quantitative estimate of drug-likeness (QED) is 0.520. The number of para-hydroxylation sites is 1. The Hall–Kier alpha value is -4.01. The molecule has 31 heavy (non-hydrogen) atoms. The maximum absolute atomic E-state index is 12.9. The highest BCUT2D eigenvalue weighted by Crippen LogP contribution is 2.29. The van der Waals surface area contributed by atoms with Crippen molar-refractivity contribution in [2.45, 2.75) is 12.7 Å². The van der Waals surface area contributed by atoms with Crippen LogP contribution in [0.4, 0.5) is 13.2 Å². The van der Waals surface area contributed by atoms with Crippen molar-refractivity contribution in [3.63, 3.8) is 0 Å². The third kappa shape index (κ3) is 4.45. The molecule has 0 aliphatic carbocycles. The molecule has 2 heterocycles. The number of hydrogen-bond acceptors (Lipinski definition) is 4. The summed E-state index contributed by atoms with van der Waals surface area (Å²) in [5.41, 5.74) is 1.79. The maximum Gasteiger partial charge on any atom is 0.416 e. The number of amides is 1. The second-order valence-electron chi connectivity index (χ2n) is 6.65. The molecule has 0 saturated heterocycles. The molecule has 9 heteroatoms. The highest BCUT2D eigenvalue weighted by Gasteiger charge is 2.30. The van der Waals surface area contributed by atoms with Gasteiger partial charge in [-0.15, -0.1) is 5.10 Å². The van der Waals surface area contributed by atoms with Crippen LogP contribution < -0.4 is 5.32 Å². The van der Waals surface area contributed by atoms with Crippen molar-refractivity contribution in [1.29, 1.82) is 0 Å². The van der Waals surface area contributed by atoms with Gasteiger partial charge >= 0.3 is 6.18 Å². The highest BCUT2D eigenvalue weighted by molar-refractivity contribution is 5.98. The van der Waals surface area contributed by atoms with E-state index in [4.69, 9.17) is 0 Å². The Morgan fingerprint density at radius 1 is 0.935 bits per heavy atom. The van der Waals surface area contributed by atoms with Gasteiger partial charge in [-0.1, -0.05) is 35.5 Å². The average molecular weight is 423 g/mol. The lowest BCUT2D eigenvalue weighted by atomic mass is 10.1. The predicted molar refractivity (Wildman–Crippen MR) is 107 cm³/mol. The lowest BCUT2D eigenvalue weighted by molar-refractivity contribution is -0.137. The van der Waals surface area contributed by atoms with Gasteiger partial charge in [-0.3, -0.25) is 9.78 Å². The van der Waals surface area contributed by atoms with Gasteiger partial charge in [-0.05, 0) is 42.0 Å². The summed E-state index contributed by atoms with van der Waals surface area (Å²) >= 11 is 0. The van der Waals surface area contributed by atoms with E-state index in [1.54, 1.807) is 29.2 Å². The Morgan fingerprint density at radius 2 is 1.61 bits per heavy atom. The molecule has 4 rings (SSSR count). The zero-order valence-corrected chi connectivity index (χ0v) is 16.0. The molecule has 1 amide bonds. The molecule has 0 atom stereocenters. The van der Waals surface area contributed by atoms with Crippen LogP contribution in [0.1, 0.15) is 21.6 Å². The van der Waals surface area contributed by atoms with Gasteiger partial charge in [0.05, 0.1) is 11.3 Å². The molecule has 0 aliphatic rings. The molecule has 0 spiro atoms. The summed E-state index contributed by atoms with van der Waals surface area (Å²) in [5.74, 6) is -0.492. The minimum Gasteiger partial charge on any atom is -0.346 e.